The van der Waals surface area contributed by atoms with E-state index in [9.17, 15) is 4.79 Å². The monoisotopic (exact) mass is 444 g/mol. The predicted molar refractivity (Wildman–Crippen MR) is 121 cm³/mol. The molecular formula is C24H24N6O3. The molecule has 1 amide bonds. The average Bonchev–Trinajstić information content (AvgIpc) is 3.49. The molecule has 1 aliphatic heterocycles. The summed E-state index contributed by atoms with van der Waals surface area (Å²) in [5, 5.41) is 7.02. The summed E-state index contributed by atoms with van der Waals surface area (Å²) in [6.07, 6.45) is 2.40. The molecule has 2 aromatic carbocycles. The molecule has 1 atom stereocenters. The number of carbonyl (C=O) groups excluding carboxylic acids is 1. The van der Waals surface area contributed by atoms with Crippen molar-refractivity contribution < 1.29 is 14.1 Å². The Kier molecular flexibility index (Phi) is 5.62. The molecule has 0 saturated heterocycles. The van der Waals surface area contributed by atoms with Crippen LogP contribution in [-0.4, -0.2) is 38.0 Å². The van der Waals surface area contributed by atoms with E-state index in [1.54, 1.807) is 13.4 Å². The molecule has 33 heavy (non-hydrogen) atoms. The van der Waals surface area contributed by atoms with E-state index >= 15 is 0 Å². The van der Waals surface area contributed by atoms with Crippen LogP contribution in [0.4, 0.5) is 5.69 Å². The van der Waals surface area contributed by atoms with Crippen molar-refractivity contribution in [1.29, 1.82) is 0 Å². The second-order valence-corrected chi connectivity index (χ2v) is 8.02. The number of nitrogens with one attached hydrogen (secondary N) is 2. The number of hydrogen-bond acceptors (Lipinski definition) is 7. The molecule has 1 aliphatic rings. The van der Waals surface area contributed by atoms with Crippen molar-refractivity contribution in [3.8, 4) is 17.1 Å². The van der Waals surface area contributed by atoms with Gasteiger partial charge in [0.05, 0.1) is 30.9 Å². The Balaban J connectivity index is 1.39. The highest BCUT2D eigenvalue weighted by Gasteiger charge is 2.33. The number of nitrogens with zero attached hydrogens (tertiary/aromatic N) is 4. The lowest BCUT2D eigenvalue weighted by molar-refractivity contribution is -0.114. The van der Waals surface area contributed by atoms with Crippen LogP contribution in [0.5, 0.6) is 5.75 Å². The van der Waals surface area contributed by atoms with E-state index in [2.05, 4.69) is 25.3 Å². The van der Waals surface area contributed by atoms with Crippen molar-refractivity contribution in [1.82, 2.24) is 25.0 Å². The van der Waals surface area contributed by atoms with Crippen molar-refractivity contribution >= 4 is 11.6 Å². The number of imidazole rings is 1. The summed E-state index contributed by atoms with van der Waals surface area (Å²) in [7, 11) is 1.63. The van der Waals surface area contributed by atoms with Crippen LogP contribution in [0.15, 0.2) is 59.4 Å². The van der Waals surface area contributed by atoms with Crippen LogP contribution in [0.2, 0.25) is 0 Å². The minimum Gasteiger partial charge on any atom is -0.497 e. The van der Waals surface area contributed by atoms with E-state index in [0.717, 1.165) is 34.0 Å². The third kappa shape index (κ3) is 4.49. The summed E-state index contributed by atoms with van der Waals surface area (Å²) in [6.45, 7) is 2.87. The van der Waals surface area contributed by atoms with E-state index < -0.39 is 0 Å². The Hall–Kier alpha value is -3.98. The van der Waals surface area contributed by atoms with Gasteiger partial charge >= 0.3 is 0 Å². The first-order valence-corrected chi connectivity index (χ1v) is 10.7. The number of anilines is 1. The Morgan fingerprint density at radius 2 is 2.00 bits per heavy atom. The maximum absolute atomic E-state index is 11.3. The van der Waals surface area contributed by atoms with E-state index in [0.29, 0.717) is 31.2 Å². The van der Waals surface area contributed by atoms with Gasteiger partial charge in [-0.25, -0.2) is 4.98 Å². The normalized spacial score (nSPS) is 15.8. The van der Waals surface area contributed by atoms with Crippen LogP contribution in [-0.2, 0) is 24.3 Å². The molecular weight excluding hydrogens is 420 g/mol. The maximum Gasteiger partial charge on any atom is 0.244 e. The number of amides is 1. The van der Waals surface area contributed by atoms with Crippen molar-refractivity contribution in [3.05, 3.63) is 77.7 Å². The second kappa shape index (κ2) is 8.87. The number of ether oxygens (including phenoxy) is 1. The third-order valence-electron chi connectivity index (χ3n) is 5.73. The zero-order valence-electron chi connectivity index (χ0n) is 18.4. The van der Waals surface area contributed by atoms with E-state index in [-0.39, 0.29) is 11.9 Å². The highest BCUT2D eigenvalue weighted by molar-refractivity contribution is 5.88. The molecule has 0 saturated carbocycles. The topological polar surface area (TPSA) is 109 Å². The number of H-pyrrole nitrogens is 1. The van der Waals surface area contributed by atoms with Crippen molar-refractivity contribution in [3.63, 3.8) is 0 Å². The Bertz CT molecular complexity index is 1250. The Labute approximate surface area is 190 Å². The number of aromatic nitrogens is 4. The molecule has 0 spiro atoms. The molecule has 2 aromatic heterocycles. The number of hydrogen-bond donors (Lipinski definition) is 2. The number of benzene rings is 2. The van der Waals surface area contributed by atoms with Gasteiger partial charge in [0, 0.05) is 37.7 Å². The lowest BCUT2D eigenvalue weighted by atomic mass is 10.0. The molecule has 0 fully saturated rings. The lowest BCUT2D eigenvalue weighted by Gasteiger charge is -2.32. The van der Waals surface area contributed by atoms with Crippen LogP contribution in [0.3, 0.4) is 0 Å². The molecule has 0 aliphatic carbocycles. The fraction of sp³-hybridized carbons (Fsp3) is 0.250. The van der Waals surface area contributed by atoms with Gasteiger partial charge in [-0.2, -0.15) is 4.98 Å². The van der Waals surface area contributed by atoms with E-state index in [4.69, 9.17) is 14.2 Å². The molecule has 9 heteroatoms. The average molecular weight is 444 g/mol. The zero-order valence-corrected chi connectivity index (χ0v) is 18.4. The van der Waals surface area contributed by atoms with E-state index in [1.165, 1.54) is 6.92 Å². The number of methoxy groups -OCH3 is 1. The van der Waals surface area contributed by atoms with Crippen LogP contribution < -0.4 is 10.1 Å². The van der Waals surface area contributed by atoms with Gasteiger partial charge in [0.2, 0.25) is 17.6 Å². The van der Waals surface area contributed by atoms with Crippen LogP contribution in [0.1, 0.15) is 35.8 Å². The van der Waals surface area contributed by atoms with Crippen molar-refractivity contribution in [2.24, 2.45) is 0 Å². The SMILES string of the molecule is COc1ccc(-c2noc(C3Cc4nc[nH]c4CN3Cc3ccc(NC(C)=O)cc3)n2)cc1. The van der Waals surface area contributed by atoms with Gasteiger partial charge in [0.15, 0.2) is 0 Å². The van der Waals surface area contributed by atoms with E-state index in [1.807, 2.05) is 48.5 Å². The Morgan fingerprint density at radius 3 is 2.73 bits per heavy atom. The molecule has 5 rings (SSSR count). The van der Waals surface area contributed by atoms with Gasteiger partial charge < -0.3 is 19.6 Å². The summed E-state index contributed by atoms with van der Waals surface area (Å²) in [4.78, 5) is 26.0. The second-order valence-electron chi connectivity index (χ2n) is 8.02. The third-order valence-corrected chi connectivity index (χ3v) is 5.73. The highest BCUT2D eigenvalue weighted by Crippen LogP contribution is 2.33. The number of aromatic amines is 1. The molecule has 4 aromatic rings. The van der Waals surface area contributed by atoms with Gasteiger partial charge in [0.1, 0.15) is 5.75 Å². The smallest absolute Gasteiger partial charge is 0.244 e. The summed E-state index contributed by atoms with van der Waals surface area (Å²) in [6, 6.07) is 15.3. The summed E-state index contributed by atoms with van der Waals surface area (Å²) in [5.41, 5.74) is 4.87. The molecule has 168 valence electrons. The molecule has 0 bridgehead atoms. The molecule has 0 radical (unpaired) electrons. The first-order chi connectivity index (χ1) is 16.1. The predicted octanol–water partition coefficient (Wildman–Crippen LogP) is 3.73. The fourth-order valence-electron chi connectivity index (χ4n) is 4.06. The lowest BCUT2D eigenvalue weighted by Crippen LogP contribution is -2.34. The quantitative estimate of drug-likeness (QED) is 0.466. The molecule has 9 nitrogen and oxygen atoms in total. The van der Waals surface area contributed by atoms with Gasteiger partial charge in [0.25, 0.3) is 0 Å². The van der Waals surface area contributed by atoms with Crippen molar-refractivity contribution in [2.75, 3.05) is 12.4 Å². The zero-order chi connectivity index (χ0) is 22.8. The molecule has 2 N–H and O–H groups in total. The van der Waals surface area contributed by atoms with Gasteiger partial charge in [-0.1, -0.05) is 17.3 Å². The summed E-state index contributed by atoms with van der Waals surface area (Å²) >= 11 is 0. The standard InChI is InChI=1S/C24H24N6O3/c1-15(31)27-18-7-3-16(4-8-18)12-30-13-21-20(25-14-26-21)11-22(30)24-28-23(29-33-24)17-5-9-19(32-2)10-6-17/h3-10,14,22H,11-13H2,1-2H3,(H,25,26)(H,27,31). The van der Waals surface area contributed by atoms with Crippen LogP contribution in [0, 0.1) is 0 Å². The first-order valence-electron chi connectivity index (χ1n) is 10.7. The maximum atomic E-state index is 11.3. The number of rotatable bonds is 6. The summed E-state index contributed by atoms with van der Waals surface area (Å²) < 4.78 is 10.9. The number of carbonyl (C=O) groups is 1. The van der Waals surface area contributed by atoms with Crippen LogP contribution >= 0.6 is 0 Å². The number of fused-ring (bicyclic) bond motifs is 1. The highest BCUT2D eigenvalue weighted by atomic mass is 16.5. The molecule has 3 heterocycles. The minimum atomic E-state index is -0.102. The van der Waals surface area contributed by atoms with Gasteiger partial charge in [-0.05, 0) is 42.0 Å². The minimum absolute atomic E-state index is 0.0883. The van der Waals surface area contributed by atoms with Crippen LogP contribution in [0.25, 0.3) is 11.4 Å². The fourth-order valence-corrected chi connectivity index (χ4v) is 4.06. The summed E-state index contributed by atoms with van der Waals surface area (Å²) in [5.74, 6) is 1.79. The largest absolute Gasteiger partial charge is 0.497 e. The molecule has 1 unspecified atom stereocenters. The Morgan fingerprint density at radius 1 is 1.21 bits per heavy atom. The van der Waals surface area contributed by atoms with Gasteiger partial charge in [-0.3, -0.25) is 9.69 Å². The van der Waals surface area contributed by atoms with Gasteiger partial charge in [-0.15, -0.1) is 0 Å². The first kappa shape index (κ1) is 20.9. The van der Waals surface area contributed by atoms with Crippen molar-refractivity contribution in [2.45, 2.75) is 32.5 Å².